The summed E-state index contributed by atoms with van der Waals surface area (Å²) >= 11 is 0. The van der Waals surface area contributed by atoms with E-state index in [-0.39, 0.29) is 17.2 Å². The molecule has 78 heavy (non-hydrogen) atoms. The van der Waals surface area contributed by atoms with Gasteiger partial charge in [0.15, 0.2) is 11.6 Å². The lowest BCUT2D eigenvalue weighted by molar-refractivity contribution is -0.0283. The number of Topliss-reactive ketones (excluding diaryl/α,β-unsaturated/α-hetero) is 2. The van der Waals surface area contributed by atoms with Gasteiger partial charge in [0.1, 0.15) is 34.2 Å². The predicted molar refractivity (Wildman–Crippen MR) is 317 cm³/mol. The molecule has 8 nitrogen and oxygen atoms in total. The number of hydrogen-bond acceptors (Lipinski definition) is 8. The Morgan fingerprint density at radius 1 is 0.359 bits per heavy atom. The summed E-state index contributed by atoms with van der Waals surface area (Å²) in [5.74, 6) is 1.83. The first-order valence-corrected chi connectivity index (χ1v) is 28.2. The van der Waals surface area contributed by atoms with Gasteiger partial charge in [-0.1, -0.05) is 121 Å². The lowest BCUT2D eigenvalue weighted by Crippen LogP contribution is -2.53. The Morgan fingerprint density at radius 2 is 0.654 bits per heavy atom. The number of carbonyl (C=O) groups is 4. The van der Waals surface area contributed by atoms with Crippen LogP contribution in [0.3, 0.4) is 0 Å². The van der Waals surface area contributed by atoms with Crippen LogP contribution < -0.4 is 18.9 Å². The van der Waals surface area contributed by atoms with E-state index in [4.69, 9.17) is 18.9 Å². The molecule has 0 aliphatic rings. The first kappa shape index (κ1) is 60.4. The number of hydrogen-bond donors (Lipinski definition) is 0. The predicted octanol–water partition coefficient (Wildman–Crippen LogP) is 17.6. The quantitative estimate of drug-likeness (QED) is 0.0355. The molecule has 2 atom stereocenters. The van der Waals surface area contributed by atoms with Gasteiger partial charge in [-0.3, -0.25) is 9.59 Å². The maximum Gasteiger partial charge on any atom is 0.343 e. The fraction of sp³-hybridized carbons (Fsp3) is 0.429. The molecule has 0 N–H and O–H groups in total. The van der Waals surface area contributed by atoms with Gasteiger partial charge in [0.25, 0.3) is 0 Å². The van der Waals surface area contributed by atoms with Gasteiger partial charge in [-0.25, -0.2) is 9.59 Å². The van der Waals surface area contributed by atoms with E-state index in [9.17, 15) is 19.2 Å². The van der Waals surface area contributed by atoms with E-state index in [1.165, 1.54) is 5.56 Å². The normalized spacial score (nSPS) is 13.3. The Hall–Kier alpha value is -6.80. The third kappa shape index (κ3) is 12.9. The molecule has 0 aromatic heterocycles. The second-order valence-corrected chi connectivity index (χ2v) is 23.1. The first-order chi connectivity index (χ1) is 36.7. The number of carbonyl (C=O) groups excluding carboxylic acids is 4. The Morgan fingerprint density at radius 3 is 0.949 bits per heavy atom. The molecule has 0 amide bonds. The van der Waals surface area contributed by atoms with E-state index in [1.54, 1.807) is 48.5 Å². The Bertz CT molecular complexity index is 3090. The number of aryl methyl sites for hydroxylation is 8. The summed E-state index contributed by atoms with van der Waals surface area (Å²) < 4.78 is 25.6. The summed E-state index contributed by atoms with van der Waals surface area (Å²) in [6.07, 6.45) is 5.84. The van der Waals surface area contributed by atoms with E-state index < -0.39 is 28.4 Å². The second-order valence-electron chi connectivity index (χ2n) is 23.1. The van der Waals surface area contributed by atoms with Gasteiger partial charge in [0.05, 0.1) is 16.5 Å². The fourth-order valence-corrected chi connectivity index (χ4v) is 11.0. The van der Waals surface area contributed by atoms with Gasteiger partial charge in [-0.05, 0) is 219 Å². The van der Waals surface area contributed by atoms with Crippen LogP contribution in [-0.2, 0) is 12.8 Å². The van der Waals surface area contributed by atoms with E-state index >= 15 is 0 Å². The highest BCUT2D eigenvalue weighted by atomic mass is 16.5. The largest absolute Gasteiger partial charge is 0.487 e. The van der Waals surface area contributed by atoms with E-state index in [1.807, 2.05) is 83.1 Å². The molecule has 0 spiro atoms. The van der Waals surface area contributed by atoms with E-state index in [0.29, 0.717) is 53.0 Å². The summed E-state index contributed by atoms with van der Waals surface area (Å²) in [6.45, 7) is 36.8. The van der Waals surface area contributed by atoms with Crippen molar-refractivity contribution in [2.45, 2.75) is 187 Å². The van der Waals surface area contributed by atoms with Crippen LogP contribution in [0.5, 0.6) is 23.0 Å². The number of esters is 2. The maximum atomic E-state index is 14.7. The van der Waals surface area contributed by atoms with Crippen LogP contribution in [0.25, 0.3) is 0 Å². The molecule has 8 heteroatoms. The van der Waals surface area contributed by atoms with Gasteiger partial charge in [0, 0.05) is 16.5 Å². The Labute approximate surface area is 466 Å². The molecule has 0 fully saturated rings. The Kier molecular flexibility index (Phi) is 19.0. The van der Waals surface area contributed by atoms with Crippen LogP contribution in [0, 0.1) is 66.2 Å². The summed E-state index contributed by atoms with van der Waals surface area (Å²) in [4.78, 5) is 54.9. The SMILES string of the molecule is CCC(C)(CC)Oc1c(C)cc(Cc2cc(C)c(OC(=O)c3ccc(C(=O)C(C)(CC)C(C)(CC)Oc4c(C)cc(Cc5cc(C)c(OC(=O)c6ccc(C(=O)C(C)(CC)CC)cc6)c(C)c5)cc4C)cc3)c(C)c2)cc1C. The monoisotopic (exact) mass is 1050 g/mol. The van der Waals surface area contributed by atoms with Crippen molar-refractivity contribution in [3.63, 3.8) is 0 Å². The van der Waals surface area contributed by atoms with Crippen LogP contribution in [0.4, 0.5) is 0 Å². The minimum Gasteiger partial charge on any atom is -0.487 e. The highest BCUT2D eigenvalue weighted by Crippen LogP contribution is 2.45. The minimum absolute atomic E-state index is 0.0624. The molecular weight excluding hydrogens is 969 g/mol. The lowest BCUT2D eigenvalue weighted by Gasteiger charge is -2.45. The van der Waals surface area contributed by atoms with E-state index in [2.05, 4.69) is 90.1 Å². The number of ether oxygens (including phenoxy) is 4. The van der Waals surface area contributed by atoms with Crippen molar-refractivity contribution < 1.29 is 38.1 Å². The van der Waals surface area contributed by atoms with Gasteiger partial charge < -0.3 is 18.9 Å². The second kappa shape index (κ2) is 24.5. The zero-order valence-electron chi connectivity index (χ0n) is 50.2. The third-order valence-corrected chi connectivity index (χ3v) is 17.4. The molecule has 0 aliphatic carbocycles. The average molecular weight is 1060 g/mol. The zero-order chi connectivity index (χ0) is 57.7. The summed E-state index contributed by atoms with van der Waals surface area (Å²) in [7, 11) is 0. The van der Waals surface area contributed by atoms with Gasteiger partial charge in [0.2, 0.25) is 0 Å². The third-order valence-electron chi connectivity index (χ3n) is 17.4. The summed E-state index contributed by atoms with van der Waals surface area (Å²) in [6, 6.07) is 30.5. The number of ketones is 2. The van der Waals surface area contributed by atoms with Gasteiger partial charge >= 0.3 is 11.9 Å². The highest BCUT2D eigenvalue weighted by Gasteiger charge is 2.50. The lowest BCUT2D eigenvalue weighted by atomic mass is 9.66. The van der Waals surface area contributed by atoms with Crippen LogP contribution in [0.15, 0.2) is 97.1 Å². The highest BCUT2D eigenvalue weighted by molar-refractivity contribution is 6.03. The molecule has 6 aromatic carbocycles. The topological polar surface area (TPSA) is 105 Å². The maximum absolute atomic E-state index is 14.7. The van der Waals surface area contributed by atoms with Crippen molar-refractivity contribution in [2.24, 2.45) is 10.8 Å². The molecule has 0 saturated carbocycles. The van der Waals surface area contributed by atoms with Crippen molar-refractivity contribution >= 4 is 23.5 Å². The molecule has 0 aliphatic heterocycles. The average Bonchev–Trinajstić information content (AvgIpc) is 3.41. The Balaban J connectivity index is 1.11. The molecule has 6 aromatic rings. The minimum atomic E-state index is -0.926. The summed E-state index contributed by atoms with van der Waals surface area (Å²) in [5.41, 5.74) is 11.5. The van der Waals surface area contributed by atoms with Crippen molar-refractivity contribution in [1.29, 1.82) is 0 Å². The van der Waals surface area contributed by atoms with Crippen LogP contribution in [0.2, 0.25) is 0 Å². The number of benzene rings is 6. The van der Waals surface area contributed by atoms with E-state index in [0.717, 1.165) is 105 Å². The van der Waals surface area contributed by atoms with Crippen molar-refractivity contribution in [1.82, 2.24) is 0 Å². The molecule has 6 rings (SSSR count). The first-order valence-electron chi connectivity index (χ1n) is 28.2. The molecular formula is C70H86O8. The molecule has 414 valence electrons. The summed E-state index contributed by atoms with van der Waals surface area (Å²) in [5, 5.41) is 0. The van der Waals surface area contributed by atoms with Gasteiger partial charge in [-0.2, -0.15) is 0 Å². The van der Waals surface area contributed by atoms with Gasteiger partial charge in [-0.15, -0.1) is 0 Å². The standard InChI is InChI=1S/C70H86O8/c1-19-67(15,20-2)63(71)55-25-29-57(30-26-55)65(73)75-59-45(9)35-52(36-46(59)10)42-54-39-49(13)62(50(14)40-54)78-70(18,24-6)69(17,23-5)64(72)56-27-31-58(32-28-56)66(74)76-60-43(7)33-51(34-44(60)8)41-53-37-47(11)61(48(12)38-53)77-68(16,21-3)22-4/h25-40H,19-24,41-42H2,1-18H3. The zero-order valence-corrected chi connectivity index (χ0v) is 50.2. The van der Waals surface area contributed by atoms with Crippen molar-refractivity contribution in [3.8, 4) is 23.0 Å². The molecule has 0 saturated heterocycles. The van der Waals surface area contributed by atoms with Crippen LogP contribution in [-0.4, -0.2) is 34.7 Å². The molecule has 0 heterocycles. The van der Waals surface area contributed by atoms with Crippen LogP contribution in [0.1, 0.15) is 216 Å². The van der Waals surface area contributed by atoms with Crippen molar-refractivity contribution in [3.05, 3.63) is 186 Å². The molecule has 2 unspecified atom stereocenters. The number of rotatable bonds is 23. The van der Waals surface area contributed by atoms with Crippen LogP contribution >= 0.6 is 0 Å². The fourth-order valence-electron chi connectivity index (χ4n) is 11.0. The molecule has 0 bridgehead atoms. The molecule has 0 radical (unpaired) electrons. The van der Waals surface area contributed by atoms with Crippen molar-refractivity contribution in [2.75, 3.05) is 0 Å². The smallest absolute Gasteiger partial charge is 0.343 e.